The van der Waals surface area contributed by atoms with E-state index in [-0.39, 0.29) is 5.91 Å². The van der Waals surface area contributed by atoms with E-state index in [0.717, 1.165) is 18.0 Å². The van der Waals surface area contributed by atoms with Crippen LogP contribution < -0.4 is 15.4 Å². The van der Waals surface area contributed by atoms with Crippen LogP contribution in [-0.2, 0) is 0 Å². The molecule has 0 radical (unpaired) electrons. The van der Waals surface area contributed by atoms with E-state index >= 15 is 0 Å². The van der Waals surface area contributed by atoms with Crippen molar-refractivity contribution in [2.75, 3.05) is 25.0 Å². The first kappa shape index (κ1) is 9.83. The van der Waals surface area contributed by atoms with Crippen molar-refractivity contribution in [3.05, 3.63) is 23.8 Å². The van der Waals surface area contributed by atoms with E-state index in [2.05, 4.69) is 10.6 Å². The molecule has 1 heterocycles. The number of anilines is 1. The molecular formula is C11H14N2O2. The van der Waals surface area contributed by atoms with Crippen LogP contribution >= 0.6 is 0 Å². The number of para-hydroxylation sites is 1. The van der Waals surface area contributed by atoms with Crippen molar-refractivity contribution in [1.82, 2.24) is 5.32 Å². The molecule has 0 aromatic heterocycles. The number of benzene rings is 1. The van der Waals surface area contributed by atoms with Gasteiger partial charge in [-0.15, -0.1) is 0 Å². The molecule has 0 unspecified atom stereocenters. The van der Waals surface area contributed by atoms with E-state index in [1.165, 1.54) is 0 Å². The molecule has 1 aromatic carbocycles. The zero-order chi connectivity index (χ0) is 10.7. The molecule has 0 fully saturated rings. The van der Waals surface area contributed by atoms with Gasteiger partial charge in [-0.2, -0.15) is 0 Å². The summed E-state index contributed by atoms with van der Waals surface area (Å²) in [6, 6.07) is 5.50. The number of hydrogen-bond acceptors (Lipinski definition) is 3. The summed E-state index contributed by atoms with van der Waals surface area (Å²) in [5, 5.41) is 6.01. The molecule has 0 atom stereocenters. The number of carbonyl (C=O) groups is 1. The first-order valence-corrected chi connectivity index (χ1v) is 5.11. The van der Waals surface area contributed by atoms with Gasteiger partial charge < -0.3 is 15.4 Å². The van der Waals surface area contributed by atoms with E-state index in [0.29, 0.717) is 18.7 Å². The summed E-state index contributed by atoms with van der Waals surface area (Å²) < 4.78 is 5.47. The maximum atomic E-state index is 11.7. The van der Waals surface area contributed by atoms with Crippen LogP contribution in [0.4, 0.5) is 5.69 Å². The van der Waals surface area contributed by atoms with E-state index < -0.39 is 0 Å². The Hall–Kier alpha value is -1.71. The van der Waals surface area contributed by atoms with E-state index in [1.807, 2.05) is 19.1 Å². The van der Waals surface area contributed by atoms with Gasteiger partial charge in [-0.1, -0.05) is 6.07 Å². The van der Waals surface area contributed by atoms with Gasteiger partial charge in [0.05, 0.1) is 17.9 Å². The maximum absolute atomic E-state index is 11.7. The minimum atomic E-state index is -0.0449. The highest BCUT2D eigenvalue weighted by atomic mass is 16.5. The van der Waals surface area contributed by atoms with Crippen LogP contribution in [0.25, 0.3) is 0 Å². The van der Waals surface area contributed by atoms with Crippen molar-refractivity contribution < 1.29 is 9.53 Å². The molecule has 4 nitrogen and oxygen atoms in total. The quantitative estimate of drug-likeness (QED) is 0.765. The number of amides is 1. The molecular weight excluding hydrogens is 192 g/mol. The molecule has 0 saturated heterocycles. The monoisotopic (exact) mass is 206 g/mol. The molecule has 1 aliphatic heterocycles. The van der Waals surface area contributed by atoms with Crippen LogP contribution in [0.1, 0.15) is 17.3 Å². The summed E-state index contributed by atoms with van der Waals surface area (Å²) in [5.74, 6) is 0.698. The molecule has 0 aliphatic carbocycles. The van der Waals surface area contributed by atoms with Gasteiger partial charge in [0.15, 0.2) is 0 Å². The van der Waals surface area contributed by atoms with Crippen LogP contribution in [0.3, 0.4) is 0 Å². The fourth-order valence-corrected chi connectivity index (χ4v) is 1.64. The van der Waals surface area contributed by atoms with Crippen molar-refractivity contribution in [2.45, 2.75) is 6.92 Å². The Morgan fingerprint density at radius 1 is 1.33 bits per heavy atom. The standard InChI is InChI=1S/C11H14N2O2/c1-2-15-9-5-3-4-8-10(9)12-6-7-13-11(8)14/h3-5,12H,2,6-7H2,1H3,(H,13,14). The molecule has 0 spiro atoms. The highest BCUT2D eigenvalue weighted by Crippen LogP contribution is 2.29. The fraction of sp³-hybridized carbons (Fsp3) is 0.364. The molecule has 0 bridgehead atoms. The highest BCUT2D eigenvalue weighted by molar-refractivity contribution is 6.01. The lowest BCUT2D eigenvalue weighted by molar-refractivity contribution is 0.0957. The Labute approximate surface area is 88.6 Å². The van der Waals surface area contributed by atoms with Gasteiger partial charge in [-0.05, 0) is 19.1 Å². The summed E-state index contributed by atoms with van der Waals surface area (Å²) in [6.45, 7) is 3.89. The molecule has 2 rings (SSSR count). The molecule has 1 aliphatic rings. The fourth-order valence-electron chi connectivity index (χ4n) is 1.64. The first-order valence-electron chi connectivity index (χ1n) is 5.11. The van der Waals surface area contributed by atoms with E-state index in [4.69, 9.17) is 4.74 Å². The third-order valence-electron chi connectivity index (χ3n) is 2.28. The second-order valence-electron chi connectivity index (χ2n) is 3.29. The highest BCUT2D eigenvalue weighted by Gasteiger charge is 2.17. The molecule has 1 amide bonds. The first-order chi connectivity index (χ1) is 7.33. The molecule has 0 saturated carbocycles. The SMILES string of the molecule is CCOc1cccc2c1NCCNC2=O. The molecule has 4 heteroatoms. The van der Waals surface area contributed by atoms with E-state index in [9.17, 15) is 4.79 Å². The van der Waals surface area contributed by atoms with Crippen molar-refractivity contribution in [2.24, 2.45) is 0 Å². The zero-order valence-corrected chi connectivity index (χ0v) is 8.67. The Morgan fingerprint density at radius 2 is 2.13 bits per heavy atom. The predicted octanol–water partition coefficient (Wildman–Crippen LogP) is 1.24. The van der Waals surface area contributed by atoms with Crippen molar-refractivity contribution in [3.8, 4) is 5.75 Å². The number of fused-ring (bicyclic) bond motifs is 1. The third-order valence-corrected chi connectivity index (χ3v) is 2.28. The summed E-state index contributed by atoms with van der Waals surface area (Å²) in [7, 11) is 0. The average Bonchev–Trinajstić information content (AvgIpc) is 2.43. The van der Waals surface area contributed by atoms with Crippen molar-refractivity contribution in [3.63, 3.8) is 0 Å². The average molecular weight is 206 g/mol. The lowest BCUT2D eigenvalue weighted by Gasteiger charge is -2.12. The summed E-state index contributed by atoms with van der Waals surface area (Å²) >= 11 is 0. The zero-order valence-electron chi connectivity index (χ0n) is 8.67. The minimum absolute atomic E-state index is 0.0449. The van der Waals surface area contributed by atoms with Crippen LogP contribution in [0, 0.1) is 0 Å². The lowest BCUT2D eigenvalue weighted by atomic mass is 10.1. The molecule has 1 aromatic rings. The smallest absolute Gasteiger partial charge is 0.253 e. The molecule has 80 valence electrons. The number of ether oxygens (including phenoxy) is 1. The van der Waals surface area contributed by atoms with Gasteiger partial charge >= 0.3 is 0 Å². The normalized spacial score (nSPS) is 14.6. The maximum Gasteiger partial charge on any atom is 0.253 e. The Balaban J connectivity index is 2.43. The Kier molecular flexibility index (Phi) is 2.76. The lowest BCUT2D eigenvalue weighted by Crippen LogP contribution is -2.24. The van der Waals surface area contributed by atoms with Crippen LogP contribution in [0.15, 0.2) is 18.2 Å². The summed E-state index contributed by atoms with van der Waals surface area (Å²) in [5.41, 5.74) is 1.45. The van der Waals surface area contributed by atoms with Gasteiger partial charge in [0.1, 0.15) is 5.75 Å². The van der Waals surface area contributed by atoms with Crippen molar-refractivity contribution in [1.29, 1.82) is 0 Å². The minimum Gasteiger partial charge on any atom is -0.492 e. The predicted molar refractivity (Wildman–Crippen MR) is 58.4 cm³/mol. The topological polar surface area (TPSA) is 50.4 Å². The largest absolute Gasteiger partial charge is 0.492 e. The number of nitrogens with one attached hydrogen (secondary N) is 2. The molecule has 15 heavy (non-hydrogen) atoms. The third kappa shape index (κ3) is 1.88. The molecule has 2 N–H and O–H groups in total. The summed E-state index contributed by atoms with van der Waals surface area (Å²) in [6.07, 6.45) is 0. The van der Waals surface area contributed by atoms with E-state index in [1.54, 1.807) is 6.07 Å². The van der Waals surface area contributed by atoms with Crippen molar-refractivity contribution >= 4 is 11.6 Å². The number of hydrogen-bond donors (Lipinski definition) is 2. The second-order valence-corrected chi connectivity index (χ2v) is 3.29. The van der Waals surface area contributed by atoms with Crippen LogP contribution in [-0.4, -0.2) is 25.6 Å². The Bertz CT molecular complexity index is 377. The van der Waals surface area contributed by atoms with Gasteiger partial charge in [-0.25, -0.2) is 0 Å². The van der Waals surface area contributed by atoms with Crippen LogP contribution in [0.2, 0.25) is 0 Å². The number of carbonyl (C=O) groups excluding carboxylic acids is 1. The van der Waals surface area contributed by atoms with Gasteiger partial charge in [0.25, 0.3) is 5.91 Å². The second kappa shape index (κ2) is 4.21. The van der Waals surface area contributed by atoms with Crippen LogP contribution in [0.5, 0.6) is 5.75 Å². The van der Waals surface area contributed by atoms with Gasteiger partial charge in [0.2, 0.25) is 0 Å². The Morgan fingerprint density at radius 3 is 2.93 bits per heavy atom. The van der Waals surface area contributed by atoms with Gasteiger partial charge in [0, 0.05) is 13.1 Å². The summed E-state index contributed by atoms with van der Waals surface area (Å²) in [4.78, 5) is 11.7. The number of rotatable bonds is 2. The van der Waals surface area contributed by atoms with Gasteiger partial charge in [-0.3, -0.25) is 4.79 Å².